The Kier molecular flexibility index (Phi) is 6.19. The molecule has 14 rings (SSSR count). The van der Waals surface area contributed by atoms with Crippen molar-refractivity contribution in [1.29, 1.82) is 0 Å². The van der Waals surface area contributed by atoms with E-state index in [2.05, 4.69) is 146 Å². The molecule has 2 heterocycles. The van der Waals surface area contributed by atoms with Crippen LogP contribution in [0.3, 0.4) is 0 Å². The van der Waals surface area contributed by atoms with Gasteiger partial charge in [-0.1, -0.05) is 109 Å². The van der Waals surface area contributed by atoms with Gasteiger partial charge in [0.15, 0.2) is 0 Å². The van der Waals surface area contributed by atoms with E-state index in [1.54, 1.807) is 11.1 Å². The highest BCUT2D eigenvalue weighted by atomic mass is 32.1. The van der Waals surface area contributed by atoms with E-state index in [1.807, 2.05) is 22.7 Å². The Hall–Kier alpha value is -5.02. The molecule has 9 aromatic rings. The molecule has 0 saturated heterocycles. The fourth-order valence-corrected chi connectivity index (χ4v) is 14.8. The van der Waals surface area contributed by atoms with Crippen molar-refractivity contribution in [1.82, 2.24) is 0 Å². The molecule has 0 N–H and O–H groups in total. The highest BCUT2D eigenvalue weighted by Crippen LogP contribution is 2.69. The lowest BCUT2D eigenvalue weighted by Gasteiger charge is -2.61. The molecule has 0 nitrogen and oxygen atoms in total. The number of hydrogen-bond donors (Lipinski definition) is 0. The van der Waals surface area contributed by atoms with Crippen LogP contribution in [0.4, 0.5) is 0 Å². The highest BCUT2D eigenvalue weighted by molar-refractivity contribution is 7.26. The van der Waals surface area contributed by atoms with Gasteiger partial charge < -0.3 is 0 Å². The van der Waals surface area contributed by atoms with Crippen LogP contribution in [0.1, 0.15) is 43.2 Å². The minimum Gasteiger partial charge on any atom is -0.135 e. The normalized spacial score (nSPS) is 23.6. The molecule has 4 saturated carbocycles. The Morgan fingerprint density at radius 3 is 1.93 bits per heavy atom. The van der Waals surface area contributed by atoms with E-state index in [0.717, 1.165) is 23.7 Å². The topological polar surface area (TPSA) is 0 Å². The van der Waals surface area contributed by atoms with Gasteiger partial charge in [-0.25, -0.2) is 0 Å². The fourth-order valence-electron chi connectivity index (χ4n) is 12.4. The molecule has 4 fully saturated rings. The first kappa shape index (κ1) is 30.3. The molecule has 0 radical (unpaired) electrons. The number of thiophene rings is 2. The summed E-state index contributed by atoms with van der Waals surface area (Å²) in [6, 6.07) is 56.0. The van der Waals surface area contributed by atoms with E-state index < -0.39 is 0 Å². The lowest BCUT2D eigenvalue weighted by atomic mass is 9.43. The molecule has 1 spiro atoms. The maximum absolute atomic E-state index is 2.57. The number of fused-ring (bicyclic) bond motifs is 9. The van der Waals surface area contributed by atoms with Gasteiger partial charge >= 0.3 is 0 Å². The summed E-state index contributed by atoms with van der Waals surface area (Å²) in [4.78, 5) is 0. The first-order valence-electron chi connectivity index (χ1n) is 19.9. The van der Waals surface area contributed by atoms with Crippen LogP contribution in [0, 0.1) is 23.7 Å². The fraction of sp³-hybridized carbons (Fsp3) is 0.192. The van der Waals surface area contributed by atoms with Gasteiger partial charge in [0.1, 0.15) is 0 Å². The Bertz CT molecular complexity index is 3000. The van der Waals surface area contributed by atoms with Crippen LogP contribution in [0.25, 0.3) is 84.9 Å². The van der Waals surface area contributed by atoms with Gasteiger partial charge in [-0.3, -0.25) is 0 Å². The summed E-state index contributed by atoms with van der Waals surface area (Å²) in [7, 11) is 0. The third kappa shape index (κ3) is 4.03. The molecular formula is C52H38S2. The second kappa shape index (κ2) is 11.0. The highest BCUT2D eigenvalue weighted by Gasteiger charge is 2.61. The molecule has 4 bridgehead atoms. The van der Waals surface area contributed by atoms with Crippen molar-refractivity contribution in [2.24, 2.45) is 23.7 Å². The van der Waals surface area contributed by atoms with Gasteiger partial charge in [0.25, 0.3) is 0 Å². The molecule has 0 atom stereocenters. The van der Waals surface area contributed by atoms with Crippen molar-refractivity contribution in [3.63, 3.8) is 0 Å². The predicted octanol–water partition coefficient (Wildman–Crippen LogP) is 15.1. The molecule has 7 aromatic carbocycles. The summed E-state index contributed by atoms with van der Waals surface area (Å²) < 4.78 is 5.44. The average Bonchev–Trinajstić information content (AvgIpc) is 3.88. The van der Waals surface area contributed by atoms with Crippen LogP contribution in [-0.2, 0) is 5.41 Å². The summed E-state index contributed by atoms with van der Waals surface area (Å²) in [6.07, 6.45) is 7.21. The van der Waals surface area contributed by atoms with Crippen molar-refractivity contribution in [2.75, 3.05) is 0 Å². The van der Waals surface area contributed by atoms with Gasteiger partial charge in [-0.2, -0.15) is 0 Å². The first-order valence-corrected chi connectivity index (χ1v) is 21.5. The predicted molar refractivity (Wildman–Crippen MR) is 232 cm³/mol. The Morgan fingerprint density at radius 2 is 1.02 bits per heavy atom. The maximum Gasteiger partial charge on any atom is 0.0433 e. The molecule has 0 amide bonds. The van der Waals surface area contributed by atoms with Gasteiger partial charge in [-0.15, -0.1) is 22.7 Å². The van der Waals surface area contributed by atoms with Crippen LogP contribution in [0.2, 0.25) is 0 Å². The van der Waals surface area contributed by atoms with Gasteiger partial charge in [0, 0.05) is 45.8 Å². The molecule has 2 aromatic heterocycles. The molecule has 258 valence electrons. The summed E-state index contributed by atoms with van der Waals surface area (Å²) >= 11 is 3.84. The van der Waals surface area contributed by atoms with Crippen LogP contribution in [0.15, 0.2) is 146 Å². The lowest BCUT2D eigenvalue weighted by molar-refractivity contribution is -0.0399. The second-order valence-corrected chi connectivity index (χ2v) is 19.0. The summed E-state index contributed by atoms with van der Waals surface area (Å²) in [5.41, 5.74) is 14.3. The van der Waals surface area contributed by atoms with Crippen molar-refractivity contribution >= 4 is 63.0 Å². The molecule has 54 heavy (non-hydrogen) atoms. The number of hydrogen-bond acceptors (Lipinski definition) is 2. The summed E-state index contributed by atoms with van der Waals surface area (Å²) in [5.74, 6) is 3.52. The zero-order valence-corrected chi connectivity index (χ0v) is 31.7. The van der Waals surface area contributed by atoms with E-state index in [0.29, 0.717) is 0 Å². The lowest BCUT2D eigenvalue weighted by Crippen LogP contribution is -2.55. The van der Waals surface area contributed by atoms with Crippen LogP contribution in [0.5, 0.6) is 0 Å². The minimum absolute atomic E-state index is 0.221. The summed E-state index contributed by atoms with van der Waals surface area (Å²) in [6.45, 7) is 0. The number of benzene rings is 7. The third-order valence-electron chi connectivity index (χ3n) is 14.3. The molecule has 5 aliphatic carbocycles. The monoisotopic (exact) mass is 726 g/mol. The van der Waals surface area contributed by atoms with E-state index in [9.17, 15) is 0 Å². The maximum atomic E-state index is 2.57. The van der Waals surface area contributed by atoms with E-state index in [-0.39, 0.29) is 5.41 Å². The molecule has 0 unspecified atom stereocenters. The zero-order valence-electron chi connectivity index (χ0n) is 30.0. The zero-order chi connectivity index (χ0) is 35.1. The van der Waals surface area contributed by atoms with Crippen LogP contribution >= 0.6 is 22.7 Å². The quantitative estimate of drug-likeness (QED) is 0.170. The number of rotatable bonds is 3. The first-order chi connectivity index (χ1) is 26.7. The van der Waals surface area contributed by atoms with E-state index in [4.69, 9.17) is 0 Å². The van der Waals surface area contributed by atoms with Crippen LogP contribution in [-0.4, -0.2) is 0 Å². The van der Waals surface area contributed by atoms with Crippen molar-refractivity contribution in [3.8, 4) is 44.5 Å². The largest absolute Gasteiger partial charge is 0.135 e. The molecule has 0 aliphatic heterocycles. The average molecular weight is 727 g/mol. The summed E-state index contributed by atoms with van der Waals surface area (Å²) in [5, 5.41) is 5.42. The SMILES string of the molecule is c1cc(-c2ccc3sc4c(-c5ccc6c(c5)-c5ccccc5C65C6CC7CC(C6)CC5C7)cccc4c3c2)cc(-c2cccc3sc4ccccc4c23)c1. The van der Waals surface area contributed by atoms with Gasteiger partial charge in [0.05, 0.1) is 0 Å². The standard InChI is InChI=1S/C52H38S2/c1-3-15-45-40(10-1)43-29-35(18-20-46(43)52(45)36-23-30-22-31(25-36)26-37(52)24-30)39-13-6-14-41-44-28-33(19-21-48(44)54-51(39)41)32-8-5-9-34(27-32)38-12-7-17-49-50(38)42-11-2-4-16-47(42)53-49/h1-21,27-31,36-37H,22-26H2. The Labute approximate surface area is 323 Å². The minimum atomic E-state index is 0.221. The van der Waals surface area contributed by atoms with Gasteiger partial charge in [-0.05, 0) is 148 Å². The van der Waals surface area contributed by atoms with Crippen LogP contribution < -0.4 is 0 Å². The molecule has 2 heteroatoms. The smallest absolute Gasteiger partial charge is 0.0433 e. The second-order valence-electron chi connectivity index (χ2n) is 16.8. The van der Waals surface area contributed by atoms with Gasteiger partial charge in [0.2, 0.25) is 0 Å². The Morgan fingerprint density at radius 1 is 0.389 bits per heavy atom. The third-order valence-corrected chi connectivity index (χ3v) is 16.6. The van der Waals surface area contributed by atoms with E-state index in [1.165, 1.54) is 117 Å². The molecular weight excluding hydrogens is 689 g/mol. The van der Waals surface area contributed by atoms with Crippen molar-refractivity contribution in [2.45, 2.75) is 37.5 Å². The van der Waals surface area contributed by atoms with E-state index >= 15 is 0 Å². The molecule has 5 aliphatic rings. The van der Waals surface area contributed by atoms with Crippen molar-refractivity contribution < 1.29 is 0 Å². The van der Waals surface area contributed by atoms with Crippen molar-refractivity contribution in [3.05, 3.63) is 157 Å². The Balaban J connectivity index is 0.920.